The largest absolute Gasteiger partial charge is 0.377 e. The van der Waals surface area contributed by atoms with E-state index in [1.165, 1.54) is 0 Å². The van der Waals surface area contributed by atoms with Gasteiger partial charge < -0.3 is 30.3 Å². The number of nitrogens with one attached hydrogen (secondary N) is 3. The van der Waals surface area contributed by atoms with Crippen LogP contribution < -0.4 is 16.0 Å². The summed E-state index contributed by atoms with van der Waals surface area (Å²) in [4.78, 5) is 42.7. The van der Waals surface area contributed by atoms with E-state index in [1.807, 2.05) is 4.90 Å². The Morgan fingerprint density at radius 2 is 1.64 bits per heavy atom. The van der Waals surface area contributed by atoms with Crippen molar-refractivity contribution in [3.8, 4) is 0 Å². The molecule has 4 aliphatic rings. The second kappa shape index (κ2) is 14.1. The molecule has 1 saturated carbocycles. The number of amides is 3. The third-order valence-electron chi connectivity index (χ3n) is 8.69. The number of ether oxygens (including phenoxy) is 2. The van der Waals surface area contributed by atoms with Gasteiger partial charge in [-0.3, -0.25) is 19.3 Å². The topological polar surface area (TPSA) is 112 Å². The predicted octanol–water partition coefficient (Wildman–Crippen LogP) is 0.751. The van der Waals surface area contributed by atoms with Crippen LogP contribution in [-0.4, -0.2) is 118 Å². The van der Waals surface area contributed by atoms with Crippen LogP contribution in [0.5, 0.6) is 0 Å². The highest BCUT2D eigenvalue weighted by Crippen LogP contribution is 2.37. The summed E-state index contributed by atoms with van der Waals surface area (Å²) in [6.07, 6.45) is 2.88. The van der Waals surface area contributed by atoms with Crippen molar-refractivity contribution in [1.82, 2.24) is 25.8 Å². The summed E-state index contributed by atoms with van der Waals surface area (Å²) in [5, 5.41) is 8.99. The summed E-state index contributed by atoms with van der Waals surface area (Å²) < 4.78 is 38.6. The first kappa shape index (κ1) is 30.1. The van der Waals surface area contributed by atoms with Crippen LogP contribution in [0.4, 0.5) is 8.78 Å². The van der Waals surface area contributed by atoms with Crippen LogP contribution >= 0.6 is 0 Å². The molecule has 3 saturated heterocycles. The van der Waals surface area contributed by atoms with Crippen LogP contribution in [0.1, 0.15) is 51.4 Å². The smallest absolute Gasteiger partial charge is 0.248 e. The first-order chi connectivity index (χ1) is 18.7. The number of rotatable bonds is 1. The molecule has 10 nitrogen and oxygen atoms in total. The van der Waals surface area contributed by atoms with E-state index < -0.39 is 12.0 Å². The van der Waals surface area contributed by atoms with E-state index in [0.717, 1.165) is 25.9 Å². The van der Waals surface area contributed by atoms with E-state index in [2.05, 4.69) is 27.9 Å². The van der Waals surface area contributed by atoms with Crippen molar-refractivity contribution in [3.05, 3.63) is 0 Å². The molecule has 222 valence electrons. The normalized spacial score (nSPS) is 33.8. The lowest BCUT2D eigenvalue weighted by molar-refractivity contribution is -0.128. The third-order valence-corrected chi connectivity index (χ3v) is 8.69. The van der Waals surface area contributed by atoms with Crippen molar-refractivity contribution in [3.63, 3.8) is 0 Å². The number of hydrogen-bond acceptors (Lipinski definition) is 7. The number of carbonyl (C=O) groups is 3. The molecule has 0 aromatic carbocycles. The van der Waals surface area contributed by atoms with Crippen molar-refractivity contribution in [2.75, 3.05) is 66.2 Å². The maximum absolute atomic E-state index is 13.8. The molecule has 3 amide bonds. The fourth-order valence-corrected chi connectivity index (χ4v) is 6.57. The highest BCUT2D eigenvalue weighted by atomic mass is 19.3. The minimum Gasteiger partial charge on any atom is -0.377 e. The van der Waals surface area contributed by atoms with E-state index in [1.54, 1.807) is 0 Å². The summed E-state index contributed by atoms with van der Waals surface area (Å²) in [5.74, 6) is -2.52. The zero-order chi connectivity index (χ0) is 27.8. The molecule has 1 aliphatic carbocycles. The molecule has 0 aromatic heterocycles. The molecular formula is C27H45F2N5O5. The molecule has 3 heterocycles. The van der Waals surface area contributed by atoms with Crippen molar-refractivity contribution >= 4 is 17.7 Å². The van der Waals surface area contributed by atoms with Gasteiger partial charge in [0.15, 0.2) is 0 Å². The van der Waals surface area contributed by atoms with Crippen molar-refractivity contribution in [1.29, 1.82) is 0 Å². The molecule has 3 aliphatic heterocycles. The number of piperidine rings is 1. The summed E-state index contributed by atoms with van der Waals surface area (Å²) in [7, 11) is 2.08. The Kier molecular flexibility index (Phi) is 10.9. The van der Waals surface area contributed by atoms with Crippen LogP contribution in [0.3, 0.4) is 0 Å². The first-order valence-electron chi connectivity index (χ1n) is 14.5. The summed E-state index contributed by atoms with van der Waals surface area (Å²) in [5.41, 5.74) is 0. The van der Waals surface area contributed by atoms with Crippen molar-refractivity contribution in [2.24, 2.45) is 11.8 Å². The molecule has 4 fully saturated rings. The van der Waals surface area contributed by atoms with E-state index >= 15 is 0 Å². The number of nitrogens with zero attached hydrogens (tertiary/aromatic N) is 2. The lowest BCUT2D eigenvalue weighted by Gasteiger charge is -2.38. The van der Waals surface area contributed by atoms with Gasteiger partial charge in [-0.25, -0.2) is 8.78 Å². The Labute approximate surface area is 229 Å². The molecule has 0 radical (unpaired) electrons. The van der Waals surface area contributed by atoms with Gasteiger partial charge in [-0.15, -0.1) is 0 Å². The van der Waals surface area contributed by atoms with E-state index in [-0.39, 0.29) is 67.7 Å². The van der Waals surface area contributed by atoms with Crippen LogP contribution in [0.15, 0.2) is 0 Å². The van der Waals surface area contributed by atoms with Crippen LogP contribution in [0.2, 0.25) is 0 Å². The maximum Gasteiger partial charge on any atom is 0.248 e. The lowest BCUT2D eigenvalue weighted by atomic mass is 9.81. The van der Waals surface area contributed by atoms with Gasteiger partial charge in [0.1, 0.15) is 6.61 Å². The molecular weight excluding hydrogens is 512 g/mol. The van der Waals surface area contributed by atoms with Gasteiger partial charge in [0.05, 0.1) is 25.9 Å². The molecule has 3 N–H and O–H groups in total. The Morgan fingerprint density at radius 3 is 2.44 bits per heavy atom. The Balaban J connectivity index is 1.42. The summed E-state index contributed by atoms with van der Waals surface area (Å²) in [6, 6.07) is -0.847. The number of halogens is 2. The Bertz CT molecular complexity index is 839. The van der Waals surface area contributed by atoms with Gasteiger partial charge in [0, 0.05) is 57.5 Å². The number of alkyl halides is 2. The van der Waals surface area contributed by atoms with Crippen molar-refractivity contribution in [2.45, 2.75) is 75.4 Å². The Morgan fingerprint density at radius 1 is 0.872 bits per heavy atom. The van der Waals surface area contributed by atoms with Crippen LogP contribution in [0, 0.1) is 11.8 Å². The summed E-state index contributed by atoms with van der Waals surface area (Å²) in [6.45, 7) is 3.98. The second-order valence-electron chi connectivity index (χ2n) is 11.7. The van der Waals surface area contributed by atoms with Gasteiger partial charge >= 0.3 is 0 Å². The number of carbonyl (C=O) groups excluding carboxylic acids is 3. The monoisotopic (exact) mass is 557 g/mol. The number of likely N-dealkylation sites (tertiary alicyclic amines) is 2. The fraction of sp³-hybridized carbons (Fsp3) is 0.889. The molecule has 0 aromatic rings. The SMILES string of the molecule is CN1CC[C@H]2CC(=O)NCCOCCOCC(=O)N[C@@H]3C[C@H](C(=O)NCC[C@H]2C1)N(C1CCC(F)(F)CC1)C3. The van der Waals surface area contributed by atoms with Crippen molar-refractivity contribution < 1.29 is 32.6 Å². The van der Waals surface area contributed by atoms with E-state index in [9.17, 15) is 23.2 Å². The average Bonchev–Trinajstić information content (AvgIpc) is 3.30. The van der Waals surface area contributed by atoms with Gasteiger partial charge in [0.2, 0.25) is 23.6 Å². The highest BCUT2D eigenvalue weighted by molar-refractivity contribution is 5.83. The Hall–Kier alpha value is -1.89. The van der Waals surface area contributed by atoms with Crippen LogP contribution in [0.25, 0.3) is 0 Å². The lowest BCUT2D eigenvalue weighted by Crippen LogP contribution is -2.50. The zero-order valence-electron chi connectivity index (χ0n) is 23.1. The quantitative estimate of drug-likeness (QED) is 0.436. The molecule has 0 spiro atoms. The molecule has 12 heteroatoms. The van der Waals surface area contributed by atoms with Crippen LogP contribution in [-0.2, 0) is 23.9 Å². The summed E-state index contributed by atoms with van der Waals surface area (Å²) >= 11 is 0. The predicted molar refractivity (Wildman–Crippen MR) is 140 cm³/mol. The first-order valence-corrected chi connectivity index (χ1v) is 14.5. The molecule has 2 bridgehead atoms. The van der Waals surface area contributed by atoms with Gasteiger partial charge in [-0.1, -0.05) is 0 Å². The van der Waals surface area contributed by atoms with Gasteiger partial charge in [-0.05, 0) is 57.5 Å². The molecule has 4 atom stereocenters. The van der Waals surface area contributed by atoms with E-state index in [4.69, 9.17) is 9.47 Å². The maximum atomic E-state index is 13.8. The fourth-order valence-electron chi connectivity index (χ4n) is 6.57. The van der Waals surface area contributed by atoms with E-state index in [0.29, 0.717) is 58.5 Å². The second-order valence-corrected chi connectivity index (χ2v) is 11.7. The number of fused-ring (bicyclic) bond motifs is 3. The van der Waals surface area contributed by atoms with Gasteiger partial charge in [-0.2, -0.15) is 0 Å². The molecule has 39 heavy (non-hydrogen) atoms. The highest BCUT2D eigenvalue weighted by Gasteiger charge is 2.44. The minimum atomic E-state index is -2.65. The third kappa shape index (κ3) is 9.06. The van der Waals surface area contributed by atoms with Gasteiger partial charge in [0.25, 0.3) is 0 Å². The zero-order valence-corrected chi connectivity index (χ0v) is 23.1. The standard InChI is InChI=1S/C27H45F2N5O5/c1-33-10-5-19-14-24(35)30-9-11-38-12-13-39-18-25(36)32-21-15-23(26(37)31-8-4-20(19)16-33)34(17-21)22-2-6-27(28,29)7-3-22/h19-23H,2-18H2,1H3,(H,30,35)(H,31,37)(H,32,36)/t19-,20-,21+,23+/m0/s1. The minimum absolute atomic E-state index is 0.00620. The number of hydrogen-bond donors (Lipinski definition) is 3. The molecule has 4 rings (SSSR count). The molecule has 0 unspecified atom stereocenters. The average molecular weight is 558 g/mol.